The van der Waals surface area contributed by atoms with Crippen molar-refractivity contribution in [1.82, 2.24) is 0 Å². The normalized spacial score (nSPS) is 43.6. The highest BCUT2D eigenvalue weighted by Gasteiger charge is 2.61. The molecule has 0 aromatic carbocycles. The van der Waals surface area contributed by atoms with Crippen LogP contribution in [0, 0.1) is 40.4 Å². The van der Waals surface area contributed by atoms with Crippen molar-refractivity contribution in [1.29, 1.82) is 0 Å². The van der Waals surface area contributed by atoms with Crippen molar-refractivity contribution in [2.24, 2.45) is 45.6 Å². The zero-order valence-corrected chi connectivity index (χ0v) is 24.5. The molecule has 194 valence electrons. The van der Waals surface area contributed by atoms with Crippen molar-refractivity contribution >= 4 is 40.1 Å². The first-order valence-electron chi connectivity index (χ1n) is 13.9. The van der Waals surface area contributed by atoms with Crippen molar-refractivity contribution in [3.05, 3.63) is 11.6 Å². The highest BCUT2D eigenvalue weighted by molar-refractivity contribution is 14.1. The number of hydrogen-bond acceptors (Lipinski definition) is 4. The van der Waals surface area contributed by atoms with Crippen LogP contribution in [0.5, 0.6) is 0 Å². The van der Waals surface area contributed by atoms with Crippen LogP contribution in [0.4, 0.5) is 0 Å². The summed E-state index contributed by atoms with van der Waals surface area (Å²) in [5, 5.41) is 4.47. The van der Waals surface area contributed by atoms with Gasteiger partial charge in [-0.25, -0.2) is 4.79 Å². The number of piperidine rings is 1. The number of allylic oxidation sites excluding steroid dienone is 1. The first kappa shape index (κ1) is 25.9. The van der Waals surface area contributed by atoms with Gasteiger partial charge in [0.15, 0.2) is 5.78 Å². The number of carbonyl (C=O) groups excluding carboxylic acids is 2. The molecule has 7 atom stereocenters. The fourth-order valence-electron chi connectivity index (χ4n) is 9.01. The Hall–Kier alpha value is -0.760. The predicted molar refractivity (Wildman–Crippen MR) is 147 cm³/mol. The Morgan fingerprint density at radius 3 is 2.51 bits per heavy atom. The third-order valence-corrected chi connectivity index (χ3v) is 13.0. The second-order valence-corrected chi connectivity index (χ2v) is 15.0. The number of hydrogen-bond donors (Lipinski definition) is 0. The lowest BCUT2D eigenvalue weighted by Crippen LogP contribution is -2.54. The maximum absolute atomic E-state index is 12.7. The van der Waals surface area contributed by atoms with Gasteiger partial charge in [0.1, 0.15) is 0 Å². The maximum Gasteiger partial charge on any atom is 0.338 e. The van der Waals surface area contributed by atoms with Crippen molar-refractivity contribution < 1.29 is 18.9 Å². The first-order chi connectivity index (χ1) is 16.5. The summed E-state index contributed by atoms with van der Waals surface area (Å²) in [6.45, 7) is 9.10. The van der Waals surface area contributed by atoms with Crippen LogP contribution in [0.2, 0.25) is 0 Å². The minimum atomic E-state index is -0.132. The van der Waals surface area contributed by atoms with E-state index in [0.29, 0.717) is 33.9 Å². The van der Waals surface area contributed by atoms with E-state index in [2.05, 4.69) is 62.6 Å². The fourth-order valence-corrected chi connectivity index (χ4v) is 10.3. The molecule has 6 heteroatoms. The van der Waals surface area contributed by atoms with Gasteiger partial charge < -0.3 is 9.32 Å². The lowest BCUT2D eigenvalue weighted by Gasteiger charge is -2.59. The fraction of sp³-hybridized carbons (Fsp3) is 0.828. The van der Waals surface area contributed by atoms with E-state index >= 15 is 0 Å². The number of fused-ring (bicyclic) bond motifs is 5. The molecule has 35 heavy (non-hydrogen) atoms. The van der Waals surface area contributed by atoms with Gasteiger partial charge in [-0.15, -0.1) is 0 Å². The third-order valence-electron chi connectivity index (χ3n) is 11.3. The monoisotopic (exact) mass is 595 g/mol. The average molecular weight is 596 g/mol. The minimum Gasteiger partial charge on any atom is -0.328 e. The minimum absolute atomic E-state index is 0.00566. The van der Waals surface area contributed by atoms with E-state index in [4.69, 9.17) is 4.84 Å². The number of carbonyl (C=O) groups is 2. The summed E-state index contributed by atoms with van der Waals surface area (Å²) in [4.78, 5) is 30.6. The van der Waals surface area contributed by atoms with E-state index in [1.807, 2.05) is 6.08 Å². The molecular weight excluding hydrogens is 551 g/mol. The molecule has 0 aromatic rings. The zero-order chi connectivity index (χ0) is 25.2. The Morgan fingerprint density at radius 2 is 1.80 bits per heavy atom. The second-order valence-electron chi connectivity index (χ2n) is 13.5. The molecule has 0 N–H and O–H groups in total. The smallest absolute Gasteiger partial charge is 0.328 e. The Morgan fingerprint density at radius 1 is 1.09 bits per heavy atom. The highest BCUT2D eigenvalue weighted by Crippen LogP contribution is 2.67. The van der Waals surface area contributed by atoms with Gasteiger partial charge in [-0.3, -0.25) is 4.79 Å². The van der Waals surface area contributed by atoms with E-state index in [9.17, 15) is 9.59 Å². The summed E-state index contributed by atoms with van der Waals surface area (Å²) >= 11 is 2.58. The number of halogens is 1. The van der Waals surface area contributed by atoms with Crippen molar-refractivity contribution in [3.8, 4) is 0 Å². The number of alkyl halides is 1. The maximum atomic E-state index is 12.7. The van der Waals surface area contributed by atoms with Gasteiger partial charge in [0.25, 0.3) is 0 Å². The zero-order valence-electron chi connectivity index (χ0n) is 22.3. The van der Waals surface area contributed by atoms with Gasteiger partial charge in [0.2, 0.25) is 0 Å². The molecule has 1 saturated heterocycles. The van der Waals surface area contributed by atoms with Gasteiger partial charge in [-0.2, -0.15) is 0 Å². The molecule has 4 aliphatic carbocycles. The van der Waals surface area contributed by atoms with Crippen LogP contribution in [0.3, 0.4) is 0 Å². The predicted octanol–water partition coefficient (Wildman–Crippen LogP) is 5.95. The molecule has 5 aliphatic rings. The number of oxime groups is 1. The Balaban J connectivity index is 1.28. The standard InChI is InChI=1S/C29H44IN2O3/c1-18(31-35-27(34)19-11-14-32(4,5)15-12-19)23-8-9-24-22-7-6-20-16-21(33)17-26(30)29(20,3)25(22)10-13-28(23,24)2/h16,19,22-26H,6-15,17H2,1-5H3/q+1/b31-18+/t22-,23+,24-,25-,26?,28+,29-/m0/s1. The summed E-state index contributed by atoms with van der Waals surface area (Å²) < 4.78 is 1.40. The van der Waals surface area contributed by atoms with E-state index < -0.39 is 0 Å². The molecule has 3 saturated carbocycles. The second kappa shape index (κ2) is 9.21. The van der Waals surface area contributed by atoms with Crippen molar-refractivity contribution in [2.45, 2.75) is 82.5 Å². The lowest BCUT2D eigenvalue weighted by atomic mass is 9.46. The number of ketones is 1. The first-order valence-corrected chi connectivity index (χ1v) is 15.2. The number of likely N-dealkylation sites (tertiary alicyclic amines) is 1. The third kappa shape index (κ3) is 4.36. The molecule has 1 heterocycles. The molecule has 0 amide bonds. The molecule has 1 unspecified atom stereocenters. The molecule has 0 aromatic heterocycles. The number of quaternary nitrogens is 1. The summed E-state index contributed by atoms with van der Waals surface area (Å²) in [6.07, 6.45) is 11.6. The van der Waals surface area contributed by atoms with Crippen LogP contribution < -0.4 is 0 Å². The number of rotatable bonds is 3. The van der Waals surface area contributed by atoms with E-state index in [1.54, 1.807) is 0 Å². The highest BCUT2D eigenvalue weighted by atomic mass is 127. The molecule has 4 fully saturated rings. The molecule has 0 radical (unpaired) electrons. The van der Waals surface area contributed by atoms with Gasteiger partial charge in [0, 0.05) is 34.5 Å². The van der Waals surface area contributed by atoms with Crippen LogP contribution in [-0.4, -0.2) is 53.1 Å². The van der Waals surface area contributed by atoms with Crippen LogP contribution in [-0.2, 0) is 14.4 Å². The van der Waals surface area contributed by atoms with E-state index in [-0.39, 0.29) is 22.7 Å². The van der Waals surface area contributed by atoms with Crippen molar-refractivity contribution in [3.63, 3.8) is 0 Å². The topological polar surface area (TPSA) is 55.7 Å². The van der Waals surface area contributed by atoms with Crippen LogP contribution in [0.15, 0.2) is 16.8 Å². The Bertz CT molecular complexity index is 948. The molecule has 5 nitrogen and oxygen atoms in total. The molecule has 0 bridgehead atoms. The van der Waals surface area contributed by atoms with Crippen molar-refractivity contribution in [2.75, 3.05) is 27.2 Å². The van der Waals surface area contributed by atoms with Gasteiger partial charge in [0.05, 0.1) is 38.8 Å². The number of nitrogens with zero attached hydrogens (tertiary/aromatic N) is 2. The van der Waals surface area contributed by atoms with Gasteiger partial charge in [-0.05, 0) is 74.7 Å². The molecule has 5 rings (SSSR count). The van der Waals surface area contributed by atoms with Gasteiger partial charge >= 0.3 is 5.97 Å². The van der Waals surface area contributed by atoms with Crippen LogP contribution >= 0.6 is 22.6 Å². The van der Waals surface area contributed by atoms with E-state index in [0.717, 1.165) is 54.9 Å². The molecule has 1 aliphatic heterocycles. The quantitative estimate of drug-likeness (QED) is 0.101. The lowest BCUT2D eigenvalue weighted by molar-refractivity contribution is -0.895. The summed E-state index contributed by atoms with van der Waals surface area (Å²) in [6, 6.07) is 0. The largest absolute Gasteiger partial charge is 0.338 e. The van der Waals surface area contributed by atoms with Gasteiger partial charge in [-0.1, -0.05) is 47.2 Å². The molecular formula is C29H44IN2O3+. The average Bonchev–Trinajstić information content (AvgIpc) is 3.15. The Kier molecular flexibility index (Phi) is 6.81. The van der Waals surface area contributed by atoms with Crippen LogP contribution in [0.1, 0.15) is 78.6 Å². The van der Waals surface area contributed by atoms with Crippen LogP contribution in [0.25, 0.3) is 0 Å². The summed E-state index contributed by atoms with van der Waals surface area (Å²) in [7, 11) is 4.46. The summed E-state index contributed by atoms with van der Waals surface area (Å²) in [5.41, 5.74) is 2.85. The SMILES string of the molecule is C/C(=N\OC(=O)C1CC[N+](C)(C)CC1)[C@H]1CC[C@H]2[C@@H]3CCC4=CC(=O)CC(I)[C@]4(C)[C@H]3CC[C@]12C. The summed E-state index contributed by atoms with van der Waals surface area (Å²) in [5.74, 6) is 2.69. The Labute approximate surface area is 225 Å². The molecule has 0 spiro atoms. The van der Waals surface area contributed by atoms with E-state index in [1.165, 1.54) is 31.3 Å².